The number of hydrogen-bond donors (Lipinski definition) is 1. The zero-order chi connectivity index (χ0) is 17.1. The summed E-state index contributed by atoms with van der Waals surface area (Å²) in [5.41, 5.74) is 3.98. The van der Waals surface area contributed by atoms with E-state index >= 15 is 0 Å². The zero-order valence-electron chi connectivity index (χ0n) is 14.0. The summed E-state index contributed by atoms with van der Waals surface area (Å²) in [6, 6.07) is 6.44. The number of aryl methyl sites for hydroxylation is 1. The molecule has 4 heterocycles. The summed E-state index contributed by atoms with van der Waals surface area (Å²) in [6.45, 7) is 3.89. The number of hydrogen-bond acceptors (Lipinski definition) is 8. The summed E-state index contributed by atoms with van der Waals surface area (Å²) < 4.78 is 0. The van der Waals surface area contributed by atoms with Gasteiger partial charge in [0.1, 0.15) is 17.2 Å². The molecule has 1 saturated heterocycles. The van der Waals surface area contributed by atoms with Crippen molar-refractivity contribution < 1.29 is 0 Å². The minimum Gasteiger partial charge on any atom is -0.315 e. The first-order valence-electron chi connectivity index (χ1n) is 8.29. The van der Waals surface area contributed by atoms with Crippen LogP contribution in [0.5, 0.6) is 0 Å². The number of anilines is 2. The van der Waals surface area contributed by atoms with Gasteiger partial charge in [-0.3, -0.25) is 9.88 Å². The van der Waals surface area contributed by atoms with Crippen molar-refractivity contribution in [2.75, 3.05) is 11.9 Å². The van der Waals surface area contributed by atoms with Crippen LogP contribution in [0.1, 0.15) is 36.0 Å². The average Bonchev–Trinajstić information content (AvgIpc) is 3.27. The van der Waals surface area contributed by atoms with Gasteiger partial charge >= 0.3 is 0 Å². The standard InChI is InChI=1S/C17H19N7S/c1-12-20-14(8-16(21-12)22-17-23-19-11-25-17)15-5-3-7-24(15)10-13-4-2-6-18-9-13/h2,4,6,8-9,11,15H,3,5,7,10H2,1H3,(H,20,21,22,23)/t15-/m1/s1. The van der Waals surface area contributed by atoms with Crippen molar-refractivity contribution in [1.82, 2.24) is 30.0 Å². The van der Waals surface area contributed by atoms with Gasteiger partial charge in [-0.1, -0.05) is 17.4 Å². The average molecular weight is 353 g/mol. The van der Waals surface area contributed by atoms with Crippen LogP contribution in [0.2, 0.25) is 0 Å². The molecule has 8 heteroatoms. The van der Waals surface area contributed by atoms with Crippen LogP contribution in [0, 0.1) is 6.92 Å². The van der Waals surface area contributed by atoms with Crippen LogP contribution in [0.25, 0.3) is 0 Å². The molecule has 0 radical (unpaired) electrons. The summed E-state index contributed by atoms with van der Waals surface area (Å²) in [7, 11) is 0. The third-order valence-corrected chi connectivity index (χ3v) is 4.87. The van der Waals surface area contributed by atoms with Gasteiger partial charge in [0, 0.05) is 25.0 Å². The summed E-state index contributed by atoms with van der Waals surface area (Å²) >= 11 is 1.45. The summed E-state index contributed by atoms with van der Waals surface area (Å²) in [4.78, 5) is 15.9. The Labute approximate surface area is 150 Å². The highest BCUT2D eigenvalue weighted by molar-refractivity contribution is 7.13. The van der Waals surface area contributed by atoms with Gasteiger partial charge in [-0.25, -0.2) is 9.97 Å². The van der Waals surface area contributed by atoms with Crippen molar-refractivity contribution in [3.63, 3.8) is 0 Å². The van der Waals surface area contributed by atoms with Gasteiger partial charge in [-0.05, 0) is 37.9 Å². The second-order valence-electron chi connectivity index (χ2n) is 6.08. The number of rotatable bonds is 5. The molecule has 1 N–H and O–H groups in total. The van der Waals surface area contributed by atoms with Gasteiger partial charge < -0.3 is 5.32 Å². The molecule has 1 aliphatic heterocycles. The maximum Gasteiger partial charge on any atom is 0.210 e. The van der Waals surface area contributed by atoms with E-state index in [0.29, 0.717) is 6.04 Å². The van der Waals surface area contributed by atoms with E-state index in [4.69, 9.17) is 4.98 Å². The van der Waals surface area contributed by atoms with E-state index in [1.165, 1.54) is 23.3 Å². The Morgan fingerprint density at radius 3 is 3.12 bits per heavy atom. The Morgan fingerprint density at radius 1 is 1.36 bits per heavy atom. The monoisotopic (exact) mass is 353 g/mol. The van der Waals surface area contributed by atoms with Gasteiger partial charge in [0.15, 0.2) is 0 Å². The van der Waals surface area contributed by atoms with Crippen molar-refractivity contribution in [2.45, 2.75) is 32.4 Å². The first-order valence-corrected chi connectivity index (χ1v) is 9.17. The number of pyridine rings is 1. The van der Waals surface area contributed by atoms with E-state index in [2.05, 4.69) is 36.4 Å². The quantitative estimate of drug-likeness (QED) is 0.755. The predicted molar refractivity (Wildman–Crippen MR) is 96.6 cm³/mol. The molecule has 0 saturated carbocycles. The van der Waals surface area contributed by atoms with Gasteiger partial charge in [-0.15, -0.1) is 10.2 Å². The number of nitrogens with zero attached hydrogens (tertiary/aromatic N) is 6. The lowest BCUT2D eigenvalue weighted by Crippen LogP contribution is -2.24. The van der Waals surface area contributed by atoms with E-state index < -0.39 is 0 Å². The smallest absolute Gasteiger partial charge is 0.210 e. The highest BCUT2D eigenvalue weighted by Crippen LogP contribution is 2.33. The van der Waals surface area contributed by atoms with Crippen molar-refractivity contribution in [3.8, 4) is 0 Å². The second kappa shape index (κ2) is 7.20. The maximum atomic E-state index is 4.70. The van der Waals surface area contributed by atoms with Crippen LogP contribution in [0.4, 0.5) is 10.9 Å². The van der Waals surface area contributed by atoms with Crippen molar-refractivity contribution >= 4 is 22.3 Å². The number of likely N-dealkylation sites (tertiary alicyclic amines) is 1. The highest BCUT2D eigenvalue weighted by Gasteiger charge is 2.27. The first-order chi connectivity index (χ1) is 12.3. The van der Waals surface area contributed by atoms with E-state index in [9.17, 15) is 0 Å². The molecule has 128 valence electrons. The Hall–Kier alpha value is -2.45. The lowest BCUT2D eigenvalue weighted by Gasteiger charge is -2.24. The molecule has 0 aliphatic carbocycles. The Morgan fingerprint density at radius 2 is 2.32 bits per heavy atom. The molecule has 4 rings (SSSR count). The minimum atomic E-state index is 0.303. The molecule has 1 fully saturated rings. The third-order valence-electron chi connectivity index (χ3n) is 4.27. The molecule has 0 bridgehead atoms. The molecule has 3 aromatic heterocycles. The van der Waals surface area contributed by atoms with Gasteiger partial charge in [0.05, 0.1) is 11.7 Å². The topological polar surface area (TPSA) is 79.7 Å². The molecule has 1 aliphatic rings. The molecule has 25 heavy (non-hydrogen) atoms. The molecule has 1 atom stereocenters. The molecule has 0 spiro atoms. The largest absolute Gasteiger partial charge is 0.315 e. The SMILES string of the molecule is Cc1nc(Nc2nncs2)cc([C@H]2CCCN2Cc2cccnc2)n1. The highest BCUT2D eigenvalue weighted by atomic mass is 32.1. The normalized spacial score (nSPS) is 17.7. The van der Waals surface area contributed by atoms with Crippen LogP contribution in [0.15, 0.2) is 36.1 Å². The fraction of sp³-hybridized carbons (Fsp3) is 0.353. The molecule has 0 amide bonds. The van der Waals surface area contributed by atoms with Gasteiger partial charge in [0.2, 0.25) is 5.13 Å². The van der Waals surface area contributed by atoms with Crippen molar-refractivity contribution in [1.29, 1.82) is 0 Å². The van der Waals surface area contributed by atoms with Crippen LogP contribution < -0.4 is 5.32 Å². The zero-order valence-corrected chi connectivity index (χ0v) is 14.8. The summed E-state index contributed by atoms with van der Waals surface area (Å²) in [5, 5.41) is 11.8. The van der Waals surface area contributed by atoms with Crippen LogP contribution in [0.3, 0.4) is 0 Å². The predicted octanol–water partition coefficient (Wildman–Crippen LogP) is 3.11. The molecule has 0 unspecified atom stereocenters. The Balaban J connectivity index is 1.56. The third kappa shape index (κ3) is 3.80. The Kier molecular flexibility index (Phi) is 4.62. The van der Waals surface area contributed by atoms with E-state index in [0.717, 1.165) is 42.0 Å². The fourth-order valence-corrected chi connectivity index (χ4v) is 3.69. The number of aromatic nitrogens is 5. The van der Waals surface area contributed by atoms with Gasteiger partial charge in [-0.2, -0.15) is 0 Å². The molecule has 0 aromatic carbocycles. The van der Waals surface area contributed by atoms with E-state index in [1.807, 2.05) is 31.5 Å². The van der Waals surface area contributed by atoms with Gasteiger partial charge in [0.25, 0.3) is 0 Å². The maximum absolute atomic E-state index is 4.70. The summed E-state index contributed by atoms with van der Waals surface area (Å²) in [6.07, 6.45) is 6.02. The first kappa shape index (κ1) is 16.0. The van der Waals surface area contributed by atoms with Crippen LogP contribution in [-0.4, -0.2) is 36.6 Å². The Bertz CT molecular complexity index is 822. The van der Waals surface area contributed by atoms with E-state index in [1.54, 1.807) is 5.51 Å². The molecule has 3 aromatic rings. The number of nitrogens with one attached hydrogen (secondary N) is 1. The lowest BCUT2D eigenvalue weighted by molar-refractivity contribution is 0.244. The summed E-state index contributed by atoms with van der Waals surface area (Å²) in [5.74, 6) is 1.53. The minimum absolute atomic E-state index is 0.303. The molecule has 7 nitrogen and oxygen atoms in total. The molecular weight excluding hydrogens is 334 g/mol. The second-order valence-corrected chi connectivity index (χ2v) is 6.92. The van der Waals surface area contributed by atoms with Crippen LogP contribution in [-0.2, 0) is 6.54 Å². The fourth-order valence-electron chi connectivity index (χ4n) is 3.24. The van der Waals surface area contributed by atoms with Crippen molar-refractivity contribution in [2.24, 2.45) is 0 Å². The molecular formula is C17H19N7S. The van der Waals surface area contributed by atoms with Crippen LogP contribution >= 0.6 is 11.3 Å². The van der Waals surface area contributed by atoms with E-state index in [-0.39, 0.29) is 0 Å². The lowest BCUT2D eigenvalue weighted by atomic mass is 10.1. The van der Waals surface area contributed by atoms with Crippen molar-refractivity contribution in [3.05, 3.63) is 53.2 Å².